The Morgan fingerprint density at radius 1 is 1.21 bits per heavy atom. The fourth-order valence-electron chi connectivity index (χ4n) is 2.67. The molecule has 122 valence electrons. The summed E-state index contributed by atoms with van der Waals surface area (Å²) in [6.07, 6.45) is 6.04. The van der Waals surface area contributed by atoms with Crippen molar-refractivity contribution in [1.29, 1.82) is 0 Å². The fourth-order valence-corrected chi connectivity index (χ4v) is 2.67. The lowest BCUT2D eigenvalue weighted by molar-refractivity contribution is -0.141. The van der Waals surface area contributed by atoms with Crippen LogP contribution < -0.4 is 0 Å². The highest BCUT2D eigenvalue weighted by atomic mass is 16.5. The lowest BCUT2D eigenvalue weighted by atomic mass is 10.0. The SMILES string of the molecule is COC(=O)CN1CC=C(c2ccc(C)cn2)C=C1c1ccccc1. The van der Waals surface area contributed by atoms with Crippen molar-refractivity contribution in [3.63, 3.8) is 0 Å². The predicted molar refractivity (Wildman–Crippen MR) is 95.0 cm³/mol. The van der Waals surface area contributed by atoms with Gasteiger partial charge >= 0.3 is 5.97 Å². The van der Waals surface area contributed by atoms with Crippen LogP contribution in [-0.4, -0.2) is 36.1 Å². The topological polar surface area (TPSA) is 42.4 Å². The molecule has 2 heterocycles. The van der Waals surface area contributed by atoms with Gasteiger partial charge in [-0.05, 0) is 35.8 Å². The van der Waals surface area contributed by atoms with Crippen molar-refractivity contribution in [2.24, 2.45) is 0 Å². The highest BCUT2D eigenvalue weighted by Crippen LogP contribution is 2.28. The van der Waals surface area contributed by atoms with Gasteiger partial charge < -0.3 is 9.64 Å². The summed E-state index contributed by atoms with van der Waals surface area (Å²) >= 11 is 0. The molecule has 24 heavy (non-hydrogen) atoms. The molecule has 0 saturated heterocycles. The van der Waals surface area contributed by atoms with Gasteiger partial charge in [-0.2, -0.15) is 0 Å². The average molecular weight is 320 g/mol. The normalized spacial score (nSPS) is 14.0. The molecule has 0 aliphatic carbocycles. The van der Waals surface area contributed by atoms with E-state index in [1.54, 1.807) is 0 Å². The number of methoxy groups -OCH3 is 1. The summed E-state index contributed by atoms with van der Waals surface area (Å²) in [5, 5.41) is 0. The Bertz CT molecular complexity index is 777. The Morgan fingerprint density at radius 2 is 2.00 bits per heavy atom. The number of aryl methyl sites for hydroxylation is 1. The van der Waals surface area contributed by atoms with Gasteiger partial charge in [0.1, 0.15) is 6.54 Å². The van der Waals surface area contributed by atoms with E-state index in [1.165, 1.54) is 7.11 Å². The van der Waals surface area contributed by atoms with E-state index >= 15 is 0 Å². The second-order valence-corrected chi connectivity index (χ2v) is 5.73. The largest absolute Gasteiger partial charge is 0.468 e. The maximum Gasteiger partial charge on any atom is 0.325 e. The standard InChI is InChI=1S/C20H20N2O2/c1-15-8-9-18(21-13-15)17-10-11-22(14-20(23)24-2)19(12-17)16-6-4-3-5-7-16/h3-10,12-13H,11,14H2,1-2H3. The first kappa shape index (κ1) is 16.0. The lowest BCUT2D eigenvalue weighted by Crippen LogP contribution is -2.31. The summed E-state index contributed by atoms with van der Waals surface area (Å²) in [6.45, 7) is 2.89. The Labute approximate surface area is 142 Å². The van der Waals surface area contributed by atoms with Crippen LogP contribution in [0.25, 0.3) is 11.3 Å². The zero-order chi connectivity index (χ0) is 16.9. The number of allylic oxidation sites excluding steroid dienone is 2. The van der Waals surface area contributed by atoms with E-state index in [2.05, 4.69) is 23.2 Å². The number of esters is 1. The number of carbonyl (C=O) groups is 1. The molecule has 4 heteroatoms. The summed E-state index contributed by atoms with van der Waals surface area (Å²) in [6, 6.07) is 14.1. The average Bonchev–Trinajstić information content (AvgIpc) is 2.63. The van der Waals surface area contributed by atoms with Crippen LogP contribution in [0.15, 0.2) is 60.8 Å². The van der Waals surface area contributed by atoms with Crippen molar-refractivity contribution >= 4 is 17.2 Å². The molecule has 2 aromatic rings. The highest BCUT2D eigenvalue weighted by Gasteiger charge is 2.19. The number of nitrogens with zero attached hydrogens (tertiary/aromatic N) is 2. The molecule has 0 spiro atoms. The molecule has 1 aliphatic heterocycles. The van der Waals surface area contributed by atoms with Gasteiger partial charge in [0.2, 0.25) is 0 Å². The summed E-state index contributed by atoms with van der Waals surface area (Å²) in [5.41, 5.74) is 5.21. The molecule has 1 aromatic heterocycles. The van der Waals surface area contributed by atoms with Crippen molar-refractivity contribution in [2.75, 3.05) is 20.2 Å². The molecule has 0 unspecified atom stereocenters. The maximum atomic E-state index is 11.7. The molecular formula is C20H20N2O2. The lowest BCUT2D eigenvalue weighted by Gasteiger charge is -2.29. The third kappa shape index (κ3) is 3.54. The number of hydrogen-bond donors (Lipinski definition) is 0. The molecule has 0 radical (unpaired) electrons. The molecular weight excluding hydrogens is 300 g/mol. The van der Waals surface area contributed by atoms with Crippen LogP contribution in [0.5, 0.6) is 0 Å². The Morgan fingerprint density at radius 3 is 2.67 bits per heavy atom. The van der Waals surface area contributed by atoms with E-state index < -0.39 is 0 Å². The van der Waals surface area contributed by atoms with E-state index in [9.17, 15) is 4.79 Å². The van der Waals surface area contributed by atoms with Gasteiger partial charge in [-0.3, -0.25) is 9.78 Å². The van der Waals surface area contributed by atoms with Gasteiger partial charge in [0.15, 0.2) is 0 Å². The number of ether oxygens (including phenoxy) is 1. The van der Waals surface area contributed by atoms with E-state index in [0.29, 0.717) is 6.54 Å². The van der Waals surface area contributed by atoms with Crippen LogP contribution >= 0.6 is 0 Å². The molecule has 0 amide bonds. The first-order chi connectivity index (χ1) is 11.7. The van der Waals surface area contributed by atoms with E-state index in [4.69, 9.17) is 4.74 Å². The van der Waals surface area contributed by atoms with Crippen molar-refractivity contribution in [2.45, 2.75) is 6.92 Å². The minimum absolute atomic E-state index is 0.225. The quantitative estimate of drug-likeness (QED) is 0.811. The molecule has 0 bridgehead atoms. The molecule has 0 fully saturated rings. The van der Waals surface area contributed by atoms with Crippen LogP contribution in [0.1, 0.15) is 16.8 Å². The van der Waals surface area contributed by atoms with Crippen LogP contribution in [-0.2, 0) is 9.53 Å². The molecule has 1 aliphatic rings. The zero-order valence-electron chi connectivity index (χ0n) is 13.9. The van der Waals surface area contributed by atoms with Crippen LogP contribution in [0, 0.1) is 6.92 Å². The minimum Gasteiger partial charge on any atom is -0.468 e. The molecule has 0 saturated carbocycles. The Hall–Kier alpha value is -2.88. The summed E-state index contributed by atoms with van der Waals surface area (Å²) in [7, 11) is 1.41. The van der Waals surface area contributed by atoms with Gasteiger partial charge in [-0.15, -0.1) is 0 Å². The Kier molecular flexibility index (Phi) is 4.75. The number of carbonyl (C=O) groups excluding carboxylic acids is 1. The number of aromatic nitrogens is 1. The predicted octanol–water partition coefficient (Wildman–Crippen LogP) is 3.30. The molecule has 4 nitrogen and oxygen atoms in total. The van der Waals surface area contributed by atoms with E-state index in [-0.39, 0.29) is 12.5 Å². The molecule has 0 N–H and O–H groups in total. The van der Waals surface area contributed by atoms with E-state index in [0.717, 1.165) is 28.1 Å². The number of pyridine rings is 1. The van der Waals surface area contributed by atoms with Gasteiger partial charge in [0.25, 0.3) is 0 Å². The van der Waals surface area contributed by atoms with Crippen LogP contribution in [0.4, 0.5) is 0 Å². The fraction of sp³-hybridized carbons (Fsp3) is 0.200. The second-order valence-electron chi connectivity index (χ2n) is 5.73. The van der Waals surface area contributed by atoms with E-state index in [1.807, 2.05) is 54.4 Å². The number of hydrogen-bond acceptors (Lipinski definition) is 4. The van der Waals surface area contributed by atoms with Gasteiger partial charge in [-0.1, -0.05) is 42.5 Å². The Balaban J connectivity index is 1.96. The van der Waals surface area contributed by atoms with Crippen molar-refractivity contribution in [3.05, 3.63) is 77.6 Å². The van der Waals surface area contributed by atoms with Crippen molar-refractivity contribution in [1.82, 2.24) is 9.88 Å². The summed E-state index contributed by atoms with van der Waals surface area (Å²) in [5.74, 6) is -0.248. The number of benzene rings is 1. The second kappa shape index (κ2) is 7.13. The minimum atomic E-state index is -0.248. The zero-order valence-corrected chi connectivity index (χ0v) is 13.9. The third-order valence-electron chi connectivity index (χ3n) is 3.99. The highest BCUT2D eigenvalue weighted by molar-refractivity contribution is 5.85. The van der Waals surface area contributed by atoms with Crippen molar-refractivity contribution in [3.8, 4) is 0 Å². The van der Waals surface area contributed by atoms with Crippen molar-refractivity contribution < 1.29 is 9.53 Å². The first-order valence-corrected chi connectivity index (χ1v) is 7.89. The first-order valence-electron chi connectivity index (χ1n) is 7.89. The molecule has 1 aromatic carbocycles. The molecule has 3 rings (SSSR count). The summed E-state index contributed by atoms with van der Waals surface area (Å²) in [4.78, 5) is 18.2. The van der Waals surface area contributed by atoms with Gasteiger partial charge in [0.05, 0.1) is 12.8 Å². The monoisotopic (exact) mass is 320 g/mol. The van der Waals surface area contributed by atoms with Gasteiger partial charge in [0, 0.05) is 18.4 Å². The van der Waals surface area contributed by atoms with Crippen LogP contribution in [0.3, 0.4) is 0 Å². The third-order valence-corrected chi connectivity index (χ3v) is 3.99. The van der Waals surface area contributed by atoms with Gasteiger partial charge in [-0.25, -0.2) is 0 Å². The summed E-state index contributed by atoms with van der Waals surface area (Å²) < 4.78 is 4.82. The maximum absolute atomic E-state index is 11.7. The smallest absolute Gasteiger partial charge is 0.325 e. The molecule has 0 atom stereocenters. The van der Waals surface area contributed by atoms with Crippen LogP contribution in [0.2, 0.25) is 0 Å². The number of rotatable bonds is 4.